The number of hydrogen-bond donors (Lipinski definition) is 1. The number of hydrogen-bond acceptors (Lipinski definition) is 2. The average molecular weight is 276 g/mol. The van der Waals surface area contributed by atoms with Crippen molar-refractivity contribution in [1.82, 2.24) is 0 Å². The smallest absolute Gasteiger partial charge is 0.123 e. The van der Waals surface area contributed by atoms with E-state index in [0.717, 1.165) is 22.0 Å². The maximum atomic E-state index is 6.17. The Kier molecular flexibility index (Phi) is 4.33. The van der Waals surface area contributed by atoms with Crippen molar-refractivity contribution in [2.75, 3.05) is 12.4 Å². The minimum atomic E-state index is 0.689. The lowest BCUT2D eigenvalue weighted by atomic mass is 10.1. The third kappa shape index (κ3) is 3.42. The Morgan fingerprint density at radius 2 is 1.74 bits per heavy atom. The van der Waals surface area contributed by atoms with Crippen molar-refractivity contribution in [3.8, 4) is 5.75 Å². The predicted molar refractivity (Wildman–Crippen MR) is 81.2 cm³/mol. The van der Waals surface area contributed by atoms with Crippen LogP contribution >= 0.6 is 11.6 Å². The van der Waals surface area contributed by atoms with Crippen LogP contribution in [0.4, 0.5) is 5.69 Å². The van der Waals surface area contributed by atoms with Crippen molar-refractivity contribution in [3.05, 3.63) is 58.1 Å². The predicted octanol–water partition coefficient (Wildman–Crippen LogP) is 4.58. The van der Waals surface area contributed by atoms with Gasteiger partial charge in [0.05, 0.1) is 17.8 Å². The molecule has 100 valence electrons. The van der Waals surface area contributed by atoms with Crippen LogP contribution in [0.15, 0.2) is 36.4 Å². The summed E-state index contributed by atoms with van der Waals surface area (Å²) in [4.78, 5) is 0. The summed E-state index contributed by atoms with van der Waals surface area (Å²) >= 11 is 6.17. The maximum absolute atomic E-state index is 6.17. The van der Waals surface area contributed by atoms with Gasteiger partial charge in [-0.15, -0.1) is 0 Å². The second kappa shape index (κ2) is 5.98. The molecule has 2 nitrogen and oxygen atoms in total. The fraction of sp³-hybridized carbons (Fsp3) is 0.250. The quantitative estimate of drug-likeness (QED) is 0.882. The number of rotatable bonds is 4. The maximum Gasteiger partial charge on any atom is 0.123 e. The standard InChI is InChI=1S/C16H18ClNO/c1-11-5-7-16(19-3)13(8-11)10-18-15-9-12(2)4-6-14(15)17/h4-9,18H,10H2,1-3H3. The monoisotopic (exact) mass is 275 g/mol. The molecule has 0 spiro atoms. The average Bonchev–Trinajstić information content (AvgIpc) is 2.40. The molecule has 0 fully saturated rings. The number of methoxy groups -OCH3 is 1. The van der Waals surface area contributed by atoms with Gasteiger partial charge in [-0.25, -0.2) is 0 Å². The lowest BCUT2D eigenvalue weighted by molar-refractivity contribution is 0.410. The Morgan fingerprint density at radius 3 is 2.47 bits per heavy atom. The molecule has 2 rings (SSSR count). The van der Waals surface area contributed by atoms with Crippen LogP contribution in [0, 0.1) is 13.8 Å². The SMILES string of the molecule is COc1ccc(C)cc1CNc1cc(C)ccc1Cl. The van der Waals surface area contributed by atoms with E-state index in [1.807, 2.05) is 30.3 Å². The van der Waals surface area contributed by atoms with Crippen molar-refractivity contribution < 1.29 is 4.74 Å². The molecule has 0 unspecified atom stereocenters. The van der Waals surface area contributed by atoms with Gasteiger partial charge < -0.3 is 10.1 Å². The van der Waals surface area contributed by atoms with Gasteiger partial charge in [-0.2, -0.15) is 0 Å². The van der Waals surface area contributed by atoms with Crippen molar-refractivity contribution in [3.63, 3.8) is 0 Å². The molecule has 19 heavy (non-hydrogen) atoms. The summed E-state index contributed by atoms with van der Waals surface area (Å²) in [6, 6.07) is 12.1. The summed E-state index contributed by atoms with van der Waals surface area (Å²) in [6.45, 7) is 4.81. The molecular formula is C16H18ClNO. The molecule has 0 heterocycles. The molecule has 1 N–H and O–H groups in total. The van der Waals surface area contributed by atoms with Crippen LogP contribution in [-0.4, -0.2) is 7.11 Å². The van der Waals surface area contributed by atoms with E-state index in [1.54, 1.807) is 7.11 Å². The lowest BCUT2D eigenvalue weighted by Gasteiger charge is -2.13. The van der Waals surface area contributed by atoms with Gasteiger partial charge in [0.1, 0.15) is 5.75 Å². The highest BCUT2D eigenvalue weighted by molar-refractivity contribution is 6.33. The summed E-state index contributed by atoms with van der Waals surface area (Å²) in [5, 5.41) is 4.09. The van der Waals surface area contributed by atoms with E-state index in [4.69, 9.17) is 16.3 Å². The van der Waals surface area contributed by atoms with E-state index in [0.29, 0.717) is 6.54 Å². The molecule has 0 aromatic heterocycles. The molecule has 2 aromatic rings. The van der Waals surface area contributed by atoms with Gasteiger partial charge in [-0.05, 0) is 37.6 Å². The van der Waals surface area contributed by atoms with Crippen LogP contribution in [0.3, 0.4) is 0 Å². The summed E-state index contributed by atoms with van der Waals surface area (Å²) in [7, 11) is 1.69. The molecular weight excluding hydrogens is 258 g/mol. The Labute approximate surface area is 119 Å². The van der Waals surface area contributed by atoms with Crippen molar-refractivity contribution in [2.45, 2.75) is 20.4 Å². The van der Waals surface area contributed by atoms with Crippen molar-refractivity contribution in [2.24, 2.45) is 0 Å². The molecule has 0 aliphatic heterocycles. The van der Waals surface area contributed by atoms with Crippen molar-refractivity contribution >= 4 is 17.3 Å². The minimum Gasteiger partial charge on any atom is -0.496 e. The van der Waals surface area contributed by atoms with E-state index in [2.05, 4.69) is 25.2 Å². The number of anilines is 1. The highest BCUT2D eigenvalue weighted by atomic mass is 35.5. The highest BCUT2D eigenvalue weighted by Crippen LogP contribution is 2.25. The van der Waals surface area contributed by atoms with Crippen LogP contribution in [-0.2, 0) is 6.54 Å². The summed E-state index contributed by atoms with van der Waals surface area (Å²) < 4.78 is 5.37. The van der Waals surface area contributed by atoms with E-state index in [1.165, 1.54) is 11.1 Å². The number of halogens is 1. The van der Waals surface area contributed by atoms with E-state index < -0.39 is 0 Å². The van der Waals surface area contributed by atoms with E-state index in [-0.39, 0.29) is 0 Å². The number of benzene rings is 2. The Hall–Kier alpha value is -1.67. The molecule has 3 heteroatoms. The van der Waals surface area contributed by atoms with E-state index in [9.17, 15) is 0 Å². The van der Waals surface area contributed by atoms with Gasteiger partial charge in [0.15, 0.2) is 0 Å². The molecule has 2 aromatic carbocycles. The van der Waals surface area contributed by atoms with Crippen LogP contribution < -0.4 is 10.1 Å². The van der Waals surface area contributed by atoms with Crippen LogP contribution in [0.1, 0.15) is 16.7 Å². The first-order valence-electron chi connectivity index (χ1n) is 6.23. The normalized spacial score (nSPS) is 10.3. The highest BCUT2D eigenvalue weighted by Gasteiger charge is 2.05. The first-order chi connectivity index (χ1) is 9.10. The minimum absolute atomic E-state index is 0.689. The fourth-order valence-electron chi connectivity index (χ4n) is 2.01. The van der Waals surface area contributed by atoms with Crippen molar-refractivity contribution in [1.29, 1.82) is 0 Å². The Balaban J connectivity index is 2.18. The van der Waals surface area contributed by atoms with Crippen LogP contribution in [0.25, 0.3) is 0 Å². The van der Waals surface area contributed by atoms with Gasteiger partial charge >= 0.3 is 0 Å². The first-order valence-corrected chi connectivity index (χ1v) is 6.61. The third-order valence-corrected chi connectivity index (χ3v) is 3.36. The van der Waals surface area contributed by atoms with E-state index >= 15 is 0 Å². The van der Waals surface area contributed by atoms with Gasteiger partial charge in [0.25, 0.3) is 0 Å². The molecule has 0 atom stereocenters. The fourth-order valence-corrected chi connectivity index (χ4v) is 2.19. The zero-order chi connectivity index (χ0) is 13.8. The molecule has 0 aliphatic rings. The molecule has 0 bridgehead atoms. The van der Waals surface area contributed by atoms with Gasteiger partial charge in [-0.3, -0.25) is 0 Å². The molecule has 0 radical (unpaired) electrons. The molecule has 0 saturated heterocycles. The number of aryl methyl sites for hydroxylation is 2. The molecule has 0 aliphatic carbocycles. The lowest BCUT2D eigenvalue weighted by Crippen LogP contribution is -2.02. The molecule has 0 amide bonds. The zero-order valence-corrected chi connectivity index (χ0v) is 12.2. The summed E-state index contributed by atoms with van der Waals surface area (Å²) in [5.41, 5.74) is 4.47. The largest absolute Gasteiger partial charge is 0.496 e. The Morgan fingerprint density at radius 1 is 1.05 bits per heavy atom. The van der Waals surface area contributed by atoms with Gasteiger partial charge in [-0.1, -0.05) is 35.4 Å². The van der Waals surface area contributed by atoms with Crippen LogP contribution in [0.5, 0.6) is 5.75 Å². The van der Waals surface area contributed by atoms with Crippen LogP contribution in [0.2, 0.25) is 5.02 Å². The topological polar surface area (TPSA) is 21.3 Å². The summed E-state index contributed by atoms with van der Waals surface area (Å²) in [5.74, 6) is 0.891. The summed E-state index contributed by atoms with van der Waals surface area (Å²) in [6.07, 6.45) is 0. The second-order valence-corrected chi connectivity index (χ2v) is 5.06. The van der Waals surface area contributed by atoms with Gasteiger partial charge in [0, 0.05) is 12.1 Å². The third-order valence-electron chi connectivity index (χ3n) is 3.03. The second-order valence-electron chi connectivity index (χ2n) is 4.65. The van der Waals surface area contributed by atoms with Gasteiger partial charge in [0.2, 0.25) is 0 Å². The zero-order valence-electron chi connectivity index (χ0n) is 11.5. The number of ether oxygens (including phenoxy) is 1. The Bertz CT molecular complexity index is 581. The first kappa shape index (κ1) is 13.8. The number of nitrogens with one attached hydrogen (secondary N) is 1. The molecule has 0 saturated carbocycles.